The number of carbonyl (C=O) groups is 1. The number of thioether (sulfide) groups is 1. The number of aromatic nitrogens is 1. The number of pyridine rings is 1. The van der Waals surface area contributed by atoms with Gasteiger partial charge in [0.1, 0.15) is 0 Å². The predicted octanol–water partition coefficient (Wildman–Crippen LogP) is 1.79. The van der Waals surface area contributed by atoms with Gasteiger partial charge in [0, 0.05) is 26.0 Å². The van der Waals surface area contributed by atoms with E-state index in [1.165, 1.54) is 0 Å². The predicted molar refractivity (Wildman–Crippen MR) is 63.7 cm³/mol. The second kappa shape index (κ2) is 5.75. The average molecular weight is 224 g/mol. The quantitative estimate of drug-likeness (QED) is 0.782. The van der Waals surface area contributed by atoms with Gasteiger partial charge < -0.3 is 4.90 Å². The SMILES string of the molecule is CS[C@H](C)C(=O)N(C)Cc1ccncc1. The van der Waals surface area contributed by atoms with Crippen LogP contribution in [-0.2, 0) is 11.3 Å². The fraction of sp³-hybridized carbons (Fsp3) is 0.455. The Bertz CT molecular complexity index is 316. The van der Waals surface area contributed by atoms with Crippen molar-refractivity contribution < 1.29 is 4.79 Å². The maximum Gasteiger partial charge on any atom is 0.235 e. The first-order chi connectivity index (χ1) is 7.15. The molecular weight excluding hydrogens is 208 g/mol. The van der Waals surface area contributed by atoms with Gasteiger partial charge in [-0.2, -0.15) is 11.8 Å². The largest absolute Gasteiger partial charge is 0.340 e. The molecule has 0 fully saturated rings. The molecule has 1 atom stereocenters. The summed E-state index contributed by atoms with van der Waals surface area (Å²) in [5.41, 5.74) is 1.11. The fourth-order valence-corrected chi connectivity index (χ4v) is 1.63. The molecule has 1 amide bonds. The molecule has 0 spiro atoms. The standard InChI is InChI=1S/C11H16N2OS/c1-9(15-3)11(14)13(2)8-10-4-6-12-7-5-10/h4-7,9H,8H2,1-3H3/t9-/m1/s1. The third kappa shape index (κ3) is 3.55. The highest BCUT2D eigenvalue weighted by Crippen LogP contribution is 2.10. The van der Waals surface area contributed by atoms with Crippen LogP contribution in [0.5, 0.6) is 0 Å². The van der Waals surface area contributed by atoms with Crippen LogP contribution in [0.2, 0.25) is 0 Å². The first-order valence-electron chi connectivity index (χ1n) is 4.82. The van der Waals surface area contributed by atoms with E-state index in [9.17, 15) is 4.79 Å². The molecule has 1 heterocycles. The maximum atomic E-state index is 11.8. The van der Waals surface area contributed by atoms with Gasteiger partial charge in [-0.05, 0) is 30.9 Å². The molecule has 1 aromatic heterocycles. The van der Waals surface area contributed by atoms with E-state index in [0.717, 1.165) is 5.56 Å². The minimum absolute atomic E-state index is 0.0248. The van der Waals surface area contributed by atoms with Crippen LogP contribution in [0.25, 0.3) is 0 Å². The summed E-state index contributed by atoms with van der Waals surface area (Å²) in [5.74, 6) is 0.166. The molecule has 0 N–H and O–H groups in total. The van der Waals surface area contributed by atoms with Gasteiger partial charge in [-0.3, -0.25) is 9.78 Å². The Kier molecular flexibility index (Phi) is 4.62. The van der Waals surface area contributed by atoms with Gasteiger partial charge >= 0.3 is 0 Å². The van der Waals surface area contributed by atoms with Crippen molar-refractivity contribution in [3.63, 3.8) is 0 Å². The zero-order valence-electron chi connectivity index (χ0n) is 9.30. The molecule has 0 aliphatic carbocycles. The lowest BCUT2D eigenvalue weighted by Gasteiger charge is -2.20. The molecule has 0 aromatic carbocycles. The molecule has 0 radical (unpaired) electrons. The smallest absolute Gasteiger partial charge is 0.235 e. The number of carbonyl (C=O) groups excluding carboxylic acids is 1. The van der Waals surface area contributed by atoms with E-state index >= 15 is 0 Å². The molecule has 0 aliphatic heterocycles. The zero-order valence-corrected chi connectivity index (χ0v) is 10.1. The highest BCUT2D eigenvalue weighted by Gasteiger charge is 2.15. The van der Waals surface area contributed by atoms with Crippen LogP contribution in [0.1, 0.15) is 12.5 Å². The molecule has 0 aliphatic rings. The van der Waals surface area contributed by atoms with Gasteiger partial charge in [0.05, 0.1) is 5.25 Å². The number of nitrogens with zero attached hydrogens (tertiary/aromatic N) is 2. The van der Waals surface area contributed by atoms with Gasteiger partial charge in [0.2, 0.25) is 5.91 Å². The summed E-state index contributed by atoms with van der Waals surface area (Å²) in [5, 5.41) is 0.0248. The Labute approximate surface area is 94.9 Å². The van der Waals surface area contributed by atoms with E-state index in [2.05, 4.69) is 4.98 Å². The summed E-state index contributed by atoms with van der Waals surface area (Å²) < 4.78 is 0. The molecule has 0 saturated heterocycles. The molecule has 82 valence electrons. The van der Waals surface area contributed by atoms with Crippen LogP contribution in [0.4, 0.5) is 0 Å². The first kappa shape index (κ1) is 12.0. The van der Waals surface area contributed by atoms with Crippen LogP contribution < -0.4 is 0 Å². The number of hydrogen-bond donors (Lipinski definition) is 0. The van der Waals surface area contributed by atoms with Crippen molar-refractivity contribution in [1.82, 2.24) is 9.88 Å². The fourth-order valence-electron chi connectivity index (χ4n) is 1.25. The second-order valence-electron chi connectivity index (χ2n) is 3.43. The van der Waals surface area contributed by atoms with E-state index < -0.39 is 0 Å². The summed E-state index contributed by atoms with van der Waals surface area (Å²) in [7, 11) is 1.83. The van der Waals surface area contributed by atoms with Gasteiger partial charge in [-0.1, -0.05) is 0 Å². The van der Waals surface area contributed by atoms with Crippen LogP contribution in [0.3, 0.4) is 0 Å². The molecule has 4 heteroatoms. The van der Waals surface area contributed by atoms with Crippen LogP contribution in [0.15, 0.2) is 24.5 Å². The number of hydrogen-bond acceptors (Lipinski definition) is 3. The summed E-state index contributed by atoms with van der Waals surface area (Å²) >= 11 is 1.57. The van der Waals surface area contributed by atoms with E-state index in [-0.39, 0.29) is 11.2 Å². The van der Waals surface area contributed by atoms with Crippen molar-refractivity contribution in [3.8, 4) is 0 Å². The number of amides is 1. The summed E-state index contributed by atoms with van der Waals surface area (Å²) in [6.07, 6.45) is 5.43. The molecular formula is C11H16N2OS. The van der Waals surface area contributed by atoms with E-state index in [1.807, 2.05) is 32.4 Å². The molecule has 0 bridgehead atoms. The van der Waals surface area contributed by atoms with E-state index in [4.69, 9.17) is 0 Å². The van der Waals surface area contributed by atoms with Crippen LogP contribution in [-0.4, -0.2) is 34.3 Å². The average Bonchev–Trinajstić information content (AvgIpc) is 2.28. The monoisotopic (exact) mass is 224 g/mol. The summed E-state index contributed by atoms with van der Waals surface area (Å²) in [6, 6.07) is 3.85. The molecule has 3 nitrogen and oxygen atoms in total. The Morgan fingerprint density at radius 3 is 2.67 bits per heavy atom. The topological polar surface area (TPSA) is 33.2 Å². The van der Waals surface area contributed by atoms with E-state index in [0.29, 0.717) is 6.54 Å². The summed E-state index contributed by atoms with van der Waals surface area (Å²) in [6.45, 7) is 2.57. The van der Waals surface area contributed by atoms with Gasteiger partial charge in [0.15, 0.2) is 0 Å². The minimum atomic E-state index is 0.0248. The van der Waals surface area contributed by atoms with Gasteiger partial charge in [0.25, 0.3) is 0 Å². The Morgan fingerprint density at radius 1 is 1.53 bits per heavy atom. The molecule has 0 unspecified atom stereocenters. The minimum Gasteiger partial charge on any atom is -0.340 e. The van der Waals surface area contributed by atoms with Crippen molar-refractivity contribution in [2.45, 2.75) is 18.7 Å². The Hall–Kier alpha value is -1.03. The lowest BCUT2D eigenvalue weighted by Crippen LogP contribution is -2.32. The maximum absolute atomic E-state index is 11.8. The lowest BCUT2D eigenvalue weighted by molar-refractivity contribution is -0.129. The van der Waals surface area contributed by atoms with Gasteiger partial charge in [-0.25, -0.2) is 0 Å². The number of rotatable bonds is 4. The molecule has 15 heavy (non-hydrogen) atoms. The van der Waals surface area contributed by atoms with Crippen molar-refractivity contribution in [3.05, 3.63) is 30.1 Å². The highest BCUT2D eigenvalue weighted by molar-refractivity contribution is 7.99. The van der Waals surface area contributed by atoms with Gasteiger partial charge in [-0.15, -0.1) is 0 Å². The van der Waals surface area contributed by atoms with Crippen molar-refractivity contribution in [2.75, 3.05) is 13.3 Å². The van der Waals surface area contributed by atoms with Crippen LogP contribution >= 0.6 is 11.8 Å². The van der Waals surface area contributed by atoms with Crippen LogP contribution in [0, 0.1) is 0 Å². The third-order valence-corrected chi connectivity index (χ3v) is 3.16. The highest BCUT2D eigenvalue weighted by atomic mass is 32.2. The molecule has 0 saturated carbocycles. The third-order valence-electron chi connectivity index (χ3n) is 2.25. The van der Waals surface area contributed by atoms with Crippen molar-refractivity contribution in [2.24, 2.45) is 0 Å². The summed E-state index contributed by atoms with van der Waals surface area (Å²) in [4.78, 5) is 17.5. The molecule has 1 rings (SSSR count). The van der Waals surface area contributed by atoms with E-state index in [1.54, 1.807) is 29.1 Å². The second-order valence-corrected chi connectivity index (χ2v) is 4.61. The lowest BCUT2D eigenvalue weighted by atomic mass is 10.2. The first-order valence-corrected chi connectivity index (χ1v) is 6.10. The van der Waals surface area contributed by atoms with Crippen molar-refractivity contribution in [1.29, 1.82) is 0 Å². The molecule has 1 aromatic rings. The zero-order chi connectivity index (χ0) is 11.3. The van der Waals surface area contributed by atoms with Crippen molar-refractivity contribution >= 4 is 17.7 Å². The Morgan fingerprint density at radius 2 is 2.13 bits per heavy atom. The Balaban J connectivity index is 2.56. The normalized spacial score (nSPS) is 12.2.